The highest BCUT2D eigenvalue weighted by atomic mass is 19.1. The summed E-state index contributed by atoms with van der Waals surface area (Å²) in [6.07, 6.45) is 0. The highest BCUT2D eigenvalue weighted by Crippen LogP contribution is 2.26. The van der Waals surface area contributed by atoms with Gasteiger partial charge in [0.15, 0.2) is 0 Å². The summed E-state index contributed by atoms with van der Waals surface area (Å²) >= 11 is 0. The maximum absolute atomic E-state index is 13.3. The van der Waals surface area contributed by atoms with E-state index < -0.39 is 0 Å². The first kappa shape index (κ1) is 13.7. The molecule has 0 spiro atoms. The second kappa shape index (κ2) is 5.93. The standard InChI is InChI=1S/C16H17F2N/c1-3-19-10-13-9-14(17)5-6-15(13)12-4-7-16(18)11(2)8-12/h4-9,19H,3,10H2,1-2H3. The van der Waals surface area contributed by atoms with E-state index in [0.29, 0.717) is 12.1 Å². The summed E-state index contributed by atoms with van der Waals surface area (Å²) in [5.41, 5.74) is 3.32. The fraction of sp³-hybridized carbons (Fsp3) is 0.250. The van der Waals surface area contributed by atoms with Gasteiger partial charge in [-0.15, -0.1) is 0 Å². The van der Waals surface area contributed by atoms with Crippen LogP contribution in [-0.4, -0.2) is 6.54 Å². The van der Waals surface area contributed by atoms with E-state index in [1.54, 1.807) is 25.1 Å². The predicted molar refractivity (Wildman–Crippen MR) is 73.9 cm³/mol. The molecule has 100 valence electrons. The van der Waals surface area contributed by atoms with Crippen LogP contribution in [0.15, 0.2) is 36.4 Å². The molecule has 1 nitrogen and oxygen atoms in total. The number of hydrogen-bond donors (Lipinski definition) is 1. The molecule has 0 bridgehead atoms. The highest BCUT2D eigenvalue weighted by molar-refractivity contribution is 5.68. The Morgan fingerprint density at radius 3 is 2.53 bits per heavy atom. The molecule has 1 N–H and O–H groups in total. The topological polar surface area (TPSA) is 12.0 Å². The van der Waals surface area contributed by atoms with Crippen LogP contribution in [0.2, 0.25) is 0 Å². The van der Waals surface area contributed by atoms with E-state index in [2.05, 4.69) is 5.32 Å². The zero-order valence-electron chi connectivity index (χ0n) is 11.1. The third-order valence-corrected chi connectivity index (χ3v) is 3.10. The normalized spacial score (nSPS) is 10.7. The Balaban J connectivity index is 2.45. The van der Waals surface area contributed by atoms with Crippen LogP contribution in [0.3, 0.4) is 0 Å². The van der Waals surface area contributed by atoms with Crippen molar-refractivity contribution in [2.75, 3.05) is 6.54 Å². The van der Waals surface area contributed by atoms with Crippen LogP contribution in [0.5, 0.6) is 0 Å². The average Bonchev–Trinajstić information content (AvgIpc) is 2.40. The molecule has 0 amide bonds. The monoisotopic (exact) mass is 261 g/mol. The van der Waals surface area contributed by atoms with E-state index in [9.17, 15) is 8.78 Å². The van der Waals surface area contributed by atoms with Crippen molar-refractivity contribution in [3.05, 3.63) is 59.2 Å². The van der Waals surface area contributed by atoms with Crippen molar-refractivity contribution >= 4 is 0 Å². The van der Waals surface area contributed by atoms with Crippen molar-refractivity contribution in [2.24, 2.45) is 0 Å². The van der Waals surface area contributed by atoms with Crippen molar-refractivity contribution in [1.29, 1.82) is 0 Å². The summed E-state index contributed by atoms with van der Waals surface area (Å²) < 4.78 is 26.7. The molecule has 2 rings (SSSR count). The van der Waals surface area contributed by atoms with Gasteiger partial charge in [-0.25, -0.2) is 8.78 Å². The van der Waals surface area contributed by atoms with Crippen LogP contribution in [0.4, 0.5) is 8.78 Å². The van der Waals surface area contributed by atoms with Gasteiger partial charge in [0.05, 0.1) is 0 Å². The highest BCUT2D eigenvalue weighted by Gasteiger charge is 2.08. The van der Waals surface area contributed by atoms with Crippen LogP contribution < -0.4 is 5.32 Å². The van der Waals surface area contributed by atoms with Crippen LogP contribution in [0, 0.1) is 18.6 Å². The second-order valence-electron chi connectivity index (χ2n) is 4.55. The van der Waals surface area contributed by atoms with Gasteiger partial charge >= 0.3 is 0 Å². The third-order valence-electron chi connectivity index (χ3n) is 3.10. The van der Waals surface area contributed by atoms with E-state index in [1.165, 1.54) is 18.2 Å². The molecule has 0 aromatic heterocycles. The molecule has 0 unspecified atom stereocenters. The molecule has 0 aliphatic heterocycles. The van der Waals surface area contributed by atoms with Crippen molar-refractivity contribution < 1.29 is 8.78 Å². The molecular formula is C16H17F2N. The number of aryl methyl sites for hydroxylation is 1. The van der Waals surface area contributed by atoms with Crippen LogP contribution in [-0.2, 0) is 6.54 Å². The Bertz CT molecular complexity index is 579. The van der Waals surface area contributed by atoms with E-state index in [0.717, 1.165) is 23.2 Å². The first-order chi connectivity index (χ1) is 9.11. The van der Waals surface area contributed by atoms with Gasteiger partial charge in [-0.2, -0.15) is 0 Å². The second-order valence-corrected chi connectivity index (χ2v) is 4.55. The van der Waals surface area contributed by atoms with E-state index >= 15 is 0 Å². The molecule has 0 radical (unpaired) electrons. The summed E-state index contributed by atoms with van der Waals surface area (Å²) in [6.45, 7) is 5.14. The zero-order chi connectivity index (χ0) is 13.8. The molecule has 19 heavy (non-hydrogen) atoms. The Hall–Kier alpha value is -1.74. The van der Waals surface area contributed by atoms with Gasteiger partial charge in [0, 0.05) is 6.54 Å². The lowest BCUT2D eigenvalue weighted by Crippen LogP contribution is -2.12. The summed E-state index contributed by atoms with van der Waals surface area (Å²) in [5, 5.41) is 3.19. The zero-order valence-corrected chi connectivity index (χ0v) is 11.1. The molecule has 0 heterocycles. The molecule has 2 aromatic carbocycles. The Morgan fingerprint density at radius 2 is 1.84 bits per heavy atom. The minimum absolute atomic E-state index is 0.223. The van der Waals surface area contributed by atoms with E-state index in [-0.39, 0.29) is 11.6 Å². The van der Waals surface area contributed by atoms with Gasteiger partial charge in [-0.1, -0.05) is 19.1 Å². The lowest BCUT2D eigenvalue weighted by Gasteiger charge is -2.11. The third kappa shape index (κ3) is 3.18. The van der Waals surface area contributed by atoms with Gasteiger partial charge in [-0.3, -0.25) is 0 Å². The molecule has 0 saturated heterocycles. The number of hydrogen-bond acceptors (Lipinski definition) is 1. The van der Waals surface area contributed by atoms with Gasteiger partial charge in [0.25, 0.3) is 0 Å². The summed E-state index contributed by atoms with van der Waals surface area (Å²) in [4.78, 5) is 0. The summed E-state index contributed by atoms with van der Waals surface area (Å²) in [7, 11) is 0. The van der Waals surface area contributed by atoms with Gasteiger partial charge < -0.3 is 5.32 Å². The van der Waals surface area contributed by atoms with E-state index in [4.69, 9.17) is 0 Å². The molecule has 0 atom stereocenters. The SMILES string of the molecule is CCNCc1cc(F)ccc1-c1ccc(F)c(C)c1. The molecule has 0 fully saturated rings. The Labute approximate surface area is 112 Å². The fourth-order valence-electron chi connectivity index (χ4n) is 2.06. The maximum atomic E-state index is 13.3. The molecule has 3 heteroatoms. The first-order valence-electron chi connectivity index (χ1n) is 6.37. The fourth-order valence-corrected chi connectivity index (χ4v) is 2.06. The number of benzene rings is 2. The maximum Gasteiger partial charge on any atom is 0.126 e. The number of halogens is 2. The largest absolute Gasteiger partial charge is 0.313 e. The smallest absolute Gasteiger partial charge is 0.126 e. The first-order valence-corrected chi connectivity index (χ1v) is 6.37. The van der Waals surface area contributed by atoms with Gasteiger partial charge in [0.1, 0.15) is 11.6 Å². The number of rotatable bonds is 4. The minimum atomic E-state index is -0.254. The minimum Gasteiger partial charge on any atom is -0.313 e. The van der Waals surface area contributed by atoms with Gasteiger partial charge in [-0.05, 0) is 60.0 Å². The Morgan fingerprint density at radius 1 is 1.05 bits per heavy atom. The summed E-state index contributed by atoms with van der Waals surface area (Å²) in [5.74, 6) is -0.477. The van der Waals surface area contributed by atoms with Crippen molar-refractivity contribution in [1.82, 2.24) is 5.32 Å². The molecule has 0 aliphatic rings. The summed E-state index contributed by atoms with van der Waals surface area (Å²) in [6, 6.07) is 9.67. The lowest BCUT2D eigenvalue weighted by atomic mass is 9.98. The Kier molecular flexibility index (Phi) is 4.27. The molecule has 2 aromatic rings. The molecule has 0 saturated carbocycles. The van der Waals surface area contributed by atoms with Crippen LogP contribution in [0.1, 0.15) is 18.1 Å². The van der Waals surface area contributed by atoms with Crippen LogP contribution >= 0.6 is 0 Å². The van der Waals surface area contributed by atoms with Crippen molar-refractivity contribution in [3.8, 4) is 11.1 Å². The average molecular weight is 261 g/mol. The lowest BCUT2D eigenvalue weighted by molar-refractivity contribution is 0.618. The number of nitrogens with one attached hydrogen (secondary N) is 1. The molecular weight excluding hydrogens is 244 g/mol. The van der Waals surface area contributed by atoms with Crippen molar-refractivity contribution in [2.45, 2.75) is 20.4 Å². The van der Waals surface area contributed by atoms with E-state index in [1.807, 2.05) is 6.92 Å². The molecule has 0 aliphatic carbocycles. The van der Waals surface area contributed by atoms with Crippen LogP contribution in [0.25, 0.3) is 11.1 Å². The van der Waals surface area contributed by atoms with Crippen molar-refractivity contribution in [3.63, 3.8) is 0 Å². The quantitative estimate of drug-likeness (QED) is 0.875. The van der Waals surface area contributed by atoms with Gasteiger partial charge in [0.2, 0.25) is 0 Å². The predicted octanol–water partition coefficient (Wildman–Crippen LogP) is 4.05.